The third-order valence-corrected chi connectivity index (χ3v) is 5.61. The summed E-state index contributed by atoms with van der Waals surface area (Å²) < 4.78 is 4.94. The Balaban J connectivity index is 2.15. The zero-order valence-electron chi connectivity index (χ0n) is 11.8. The van der Waals surface area contributed by atoms with Crippen LogP contribution in [0.25, 0.3) is 0 Å². The van der Waals surface area contributed by atoms with Crippen LogP contribution in [0.4, 0.5) is 0 Å². The van der Waals surface area contributed by atoms with E-state index in [-0.39, 0.29) is 16.7 Å². The lowest BCUT2D eigenvalue weighted by molar-refractivity contribution is -0.153. The first kappa shape index (κ1) is 13.1. The molecular weight excluding hydrogens is 244 g/mol. The second kappa shape index (κ2) is 3.83. The minimum atomic E-state index is -1.17. The van der Waals surface area contributed by atoms with Crippen molar-refractivity contribution in [3.63, 3.8) is 0 Å². The average molecular weight is 266 g/mol. The van der Waals surface area contributed by atoms with E-state index in [4.69, 9.17) is 4.74 Å². The first-order valence-corrected chi connectivity index (χ1v) is 7.09. The highest BCUT2D eigenvalue weighted by atomic mass is 16.6. The number of hydrogen-bond acceptors (Lipinski definition) is 4. The van der Waals surface area contributed by atoms with Crippen LogP contribution in [0.15, 0.2) is 11.1 Å². The Morgan fingerprint density at radius 1 is 1.21 bits per heavy atom. The summed E-state index contributed by atoms with van der Waals surface area (Å²) in [5.74, 6) is -0.273. The summed E-state index contributed by atoms with van der Waals surface area (Å²) in [4.78, 5) is 11.8. The third kappa shape index (κ3) is 1.62. The van der Waals surface area contributed by atoms with Gasteiger partial charge in [-0.25, -0.2) is 4.79 Å². The van der Waals surface area contributed by atoms with Crippen LogP contribution in [0, 0.1) is 16.7 Å². The van der Waals surface area contributed by atoms with Gasteiger partial charge in [0.05, 0.1) is 11.7 Å². The number of ether oxygens (including phenoxy) is 1. The van der Waals surface area contributed by atoms with Crippen molar-refractivity contribution in [1.82, 2.24) is 0 Å². The molecule has 0 aromatic rings. The summed E-state index contributed by atoms with van der Waals surface area (Å²) in [5.41, 5.74) is 0.845. The molecule has 1 heterocycles. The van der Waals surface area contributed by atoms with Gasteiger partial charge < -0.3 is 14.9 Å². The first-order valence-electron chi connectivity index (χ1n) is 7.09. The molecule has 0 aromatic carbocycles. The van der Waals surface area contributed by atoms with Crippen LogP contribution in [0.2, 0.25) is 0 Å². The second-order valence-corrected chi connectivity index (χ2v) is 7.15. The van der Waals surface area contributed by atoms with E-state index in [1.165, 1.54) is 0 Å². The predicted molar refractivity (Wildman–Crippen MR) is 69.0 cm³/mol. The maximum Gasteiger partial charge on any atom is 0.339 e. The monoisotopic (exact) mass is 266 g/mol. The van der Waals surface area contributed by atoms with Crippen LogP contribution in [-0.4, -0.2) is 28.6 Å². The quantitative estimate of drug-likeness (QED) is 0.656. The fraction of sp³-hybridized carbons (Fsp3) is 0.800. The summed E-state index contributed by atoms with van der Waals surface area (Å²) >= 11 is 0. The Labute approximate surface area is 113 Å². The number of carbonyl (C=O) groups excluding carboxylic acids is 1. The molecule has 3 aliphatic rings. The van der Waals surface area contributed by atoms with Crippen molar-refractivity contribution in [2.45, 2.75) is 58.8 Å². The lowest BCUT2D eigenvalue weighted by Crippen LogP contribution is -2.49. The molecule has 19 heavy (non-hydrogen) atoms. The molecule has 1 saturated carbocycles. The van der Waals surface area contributed by atoms with E-state index in [1.807, 2.05) is 0 Å². The van der Waals surface area contributed by atoms with Crippen LogP contribution < -0.4 is 0 Å². The molecule has 0 amide bonds. The van der Waals surface area contributed by atoms with Gasteiger partial charge in [-0.3, -0.25) is 0 Å². The Bertz CT molecular complexity index is 465. The fourth-order valence-corrected chi connectivity index (χ4v) is 4.74. The van der Waals surface area contributed by atoms with Gasteiger partial charge in [0, 0.05) is 5.57 Å². The standard InChI is InChI=1S/C15H22O4/c1-14(2)5-4-6-15(3)9(14)7-8(16)10-11(15)13(18)19-12(10)17/h8-9,13,16,18H,4-7H2,1-3H3/t8-,9-,13+,15+/m1/s1. The van der Waals surface area contributed by atoms with Crippen molar-refractivity contribution in [3.8, 4) is 0 Å². The lowest BCUT2D eigenvalue weighted by Gasteiger charge is -2.54. The van der Waals surface area contributed by atoms with Crippen LogP contribution >= 0.6 is 0 Å². The van der Waals surface area contributed by atoms with Gasteiger partial charge in [-0.2, -0.15) is 0 Å². The Hall–Kier alpha value is -0.870. The van der Waals surface area contributed by atoms with Crippen molar-refractivity contribution >= 4 is 5.97 Å². The number of aliphatic hydroxyl groups excluding tert-OH is 2. The van der Waals surface area contributed by atoms with Crippen molar-refractivity contribution in [2.24, 2.45) is 16.7 Å². The zero-order valence-corrected chi connectivity index (χ0v) is 11.8. The molecule has 0 aromatic heterocycles. The Morgan fingerprint density at radius 2 is 1.89 bits per heavy atom. The number of fused-ring (bicyclic) bond motifs is 2. The van der Waals surface area contributed by atoms with Gasteiger partial charge in [-0.05, 0) is 36.0 Å². The molecule has 4 heteroatoms. The van der Waals surface area contributed by atoms with Crippen LogP contribution in [0.1, 0.15) is 46.5 Å². The van der Waals surface area contributed by atoms with Gasteiger partial charge in [0.25, 0.3) is 0 Å². The van der Waals surface area contributed by atoms with Crippen molar-refractivity contribution in [2.75, 3.05) is 0 Å². The van der Waals surface area contributed by atoms with E-state index in [2.05, 4.69) is 20.8 Å². The average Bonchev–Trinajstić information content (AvgIpc) is 2.59. The molecule has 2 aliphatic carbocycles. The van der Waals surface area contributed by atoms with Crippen LogP contribution in [0.3, 0.4) is 0 Å². The molecular formula is C15H22O4. The summed E-state index contributed by atoms with van der Waals surface area (Å²) in [6.07, 6.45) is 1.76. The number of carbonyl (C=O) groups is 1. The highest BCUT2D eigenvalue weighted by Crippen LogP contribution is 2.61. The normalized spacial score (nSPS) is 44.7. The molecule has 106 valence electrons. The molecule has 4 atom stereocenters. The van der Waals surface area contributed by atoms with Gasteiger partial charge in [-0.1, -0.05) is 27.2 Å². The molecule has 4 nitrogen and oxygen atoms in total. The largest absolute Gasteiger partial charge is 0.428 e. The van der Waals surface area contributed by atoms with Gasteiger partial charge in [0.1, 0.15) is 0 Å². The van der Waals surface area contributed by atoms with E-state index < -0.39 is 18.4 Å². The first-order chi connectivity index (χ1) is 8.77. The lowest BCUT2D eigenvalue weighted by atomic mass is 9.50. The van der Waals surface area contributed by atoms with E-state index in [0.29, 0.717) is 17.6 Å². The fourth-order valence-electron chi connectivity index (χ4n) is 4.74. The van der Waals surface area contributed by atoms with Gasteiger partial charge in [0.2, 0.25) is 6.29 Å². The Morgan fingerprint density at radius 3 is 2.58 bits per heavy atom. The molecule has 2 N–H and O–H groups in total. The SMILES string of the molecule is CC1(C)CCC[C@]2(C)C3=C(C(=O)O[C@@H]3O)[C@H](O)C[C@H]12. The number of hydrogen-bond donors (Lipinski definition) is 2. The highest BCUT2D eigenvalue weighted by molar-refractivity contribution is 5.93. The van der Waals surface area contributed by atoms with Crippen molar-refractivity contribution < 1.29 is 19.7 Å². The number of rotatable bonds is 0. The van der Waals surface area contributed by atoms with E-state index in [1.54, 1.807) is 0 Å². The second-order valence-electron chi connectivity index (χ2n) is 7.15. The molecule has 0 unspecified atom stereocenters. The smallest absolute Gasteiger partial charge is 0.339 e. The van der Waals surface area contributed by atoms with E-state index in [0.717, 1.165) is 19.3 Å². The molecule has 1 fully saturated rings. The van der Waals surface area contributed by atoms with Gasteiger partial charge in [-0.15, -0.1) is 0 Å². The topological polar surface area (TPSA) is 66.8 Å². The molecule has 0 spiro atoms. The Kier molecular flexibility index (Phi) is 2.64. The predicted octanol–water partition coefficient (Wildman–Crippen LogP) is 1.76. The maximum absolute atomic E-state index is 11.8. The molecule has 0 bridgehead atoms. The van der Waals surface area contributed by atoms with Crippen molar-refractivity contribution in [1.29, 1.82) is 0 Å². The molecule has 0 saturated heterocycles. The molecule has 3 rings (SSSR count). The molecule has 1 aliphatic heterocycles. The number of aliphatic hydroxyl groups is 2. The number of cyclic esters (lactones) is 1. The number of esters is 1. The summed E-state index contributed by atoms with van der Waals surface area (Å²) in [7, 11) is 0. The van der Waals surface area contributed by atoms with Crippen LogP contribution in [0.5, 0.6) is 0 Å². The van der Waals surface area contributed by atoms with E-state index >= 15 is 0 Å². The van der Waals surface area contributed by atoms with Gasteiger partial charge in [0.15, 0.2) is 0 Å². The molecule has 0 radical (unpaired) electrons. The summed E-state index contributed by atoms with van der Waals surface area (Å²) in [5, 5.41) is 20.4. The zero-order chi connectivity index (χ0) is 14.0. The summed E-state index contributed by atoms with van der Waals surface area (Å²) in [6, 6.07) is 0. The van der Waals surface area contributed by atoms with E-state index in [9.17, 15) is 15.0 Å². The maximum atomic E-state index is 11.8. The highest BCUT2D eigenvalue weighted by Gasteiger charge is 2.58. The minimum absolute atomic E-state index is 0.109. The summed E-state index contributed by atoms with van der Waals surface area (Å²) in [6.45, 7) is 6.56. The van der Waals surface area contributed by atoms with Gasteiger partial charge >= 0.3 is 5.97 Å². The third-order valence-electron chi connectivity index (χ3n) is 5.61. The van der Waals surface area contributed by atoms with Crippen molar-refractivity contribution in [3.05, 3.63) is 11.1 Å². The van der Waals surface area contributed by atoms with Crippen LogP contribution in [-0.2, 0) is 9.53 Å². The minimum Gasteiger partial charge on any atom is -0.428 e.